The fourth-order valence-corrected chi connectivity index (χ4v) is 3.47. The molecule has 130 valence electrons. The van der Waals surface area contributed by atoms with Crippen LogP contribution in [-0.2, 0) is 13.0 Å². The highest BCUT2D eigenvalue weighted by molar-refractivity contribution is 5.23. The van der Waals surface area contributed by atoms with Crippen LogP contribution in [-0.4, -0.2) is 31.1 Å². The monoisotopic (exact) mass is 316 g/mol. The predicted molar refractivity (Wildman–Crippen MR) is 101 cm³/mol. The lowest BCUT2D eigenvalue weighted by atomic mass is 10.0. The van der Waals surface area contributed by atoms with Crippen LogP contribution in [0.3, 0.4) is 0 Å². The smallest absolute Gasteiger partial charge is 0.0234 e. The Morgan fingerprint density at radius 2 is 1.52 bits per heavy atom. The molecule has 1 aliphatic rings. The molecule has 0 radical (unpaired) electrons. The van der Waals surface area contributed by atoms with Crippen molar-refractivity contribution >= 4 is 0 Å². The molecule has 2 rings (SSSR count). The van der Waals surface area contributed by atoms with E-state index >= 15 is 0 Å². The van der Waals surface area contributed by atoms with E-state index in [0.29, 0.717) is 0 Å². The van der Waals surface area contributed by atoms with Crippen molar-refractivity contribution in [2.75, 3.05) is 26.2 Å². The Balaban J connectivity index is 1.60. The normalized spacial score (nSPS) is 15.9. The lowest BCUT2D eigenvalue weighted by Gasteiger charge is -2.27. The van der Waals surface area contributed by atoms with E-state index in [4.69, 9.17) is 0 Å². The van der Waals surface area contributed by atoms with Gasteiger partial charge in [-0.1, -0.05) is 76.1 Å². The maximum absolute atomic E-state index is 3.43. The van der Waals surface area contributed by atoms with Crippen molar-refractivity contribution in [3.8, 4) is 0 Å². The van der Waals surface area contributed by atoms with Crippen molar-refractivity contribution in [2.24, 2.45) is 0 Å². The topological polar surface area (TPSA) is 15.3 Å². The molecule has 1 aromatic carbocycles. The Kier molecular flexibility index (Phi) is 9.35. The lowest BCUT2D eigenvalue weighted by Crippen LogP contribution is -2.42. The van der Waals surface area contributed by atoms with Crippen LogP contribution >= 0.6 is 0 Å². The first-order valence-corrected chi connectivity index (χ1v) is 9.89. The molecule has 2 nitrogen and oxygen atoms in total. The number of rotatable bonds is 11. The van der Waals surface area contributed by atoms with E-state index in [2.05, 4.69) is 41.4 Å². The van der Waals surface area contributed by atoms with E-state index in [9.17, 15) is 0 Å². The number of benzene rings is 1. The third kappa shape index (κ3) is 7.99. The van der Waals surface area contributed by atoms with Gasteiger partial charge in [0, 0.05) is 32.7 Å². The van der Waals surface area contributed by atoms with E-state index < -0.39 is 0 Å². The molecule has 1 saturated heterocycles. The van der Waals surface area contributed by atoms with Crippen LogP contribution < -0.4 is 5.32 Å². The summed E-state index contributed by atoms with van der Waals surface area (Å²) in [5.41, 5.74) is 3.02. The van der Waals surface area contributed by atoms with Gasteiger partial charge in [0.05, 0.1) is 0 Å². The maximum Gasteiger partial charge on any atom is 0.0234 e. The highest BCUT2D eigenvalue weighted by Crippen LogP contribution is 2.14. The summed E-state index contributed by atoms with van der Waals surface area (Å²) in [7, 11) is 0. The number of piperazine rings is 1. The number of unbranched alkanes of at least 4 members (excludes halogenated alkanes) is 7. The molecule has 1 aromatic rings. The number of nitrogens with one attached hydrogen (secondary N) is 1. The first-order chi connectivity index (χ1) is 11.4. The molecule has 1 N–H and O–H groups in total. The second-order valence-corrected chi connectivity index (χ2v) is 7.07. The third-order valence-electron chi connectivity index (χ3n) is 4.93. The number of nitrogens with zero attached hydrogens (tertiary/aromatic N) is 1. The quantitative estimate of drug-likeness (QED) is 0.591. The van der Waals surface area contributed by atoms with Crippen molar-refractivity contribution in [1.29, 1.82) is 0 Å². The summed E-state index contributed by atoms with van der Waals surface area (Å²) in [5.74, 6) is 0. The largest absolute Gasteiger partial charge is 0.314 e. The van der Waals surface area contributed by atoms with Gasteiger partial charge in [0.2, 0.25) is 0 Å². The minimum Gasteiger partial charge on any atom is -0.314 e. The zero-order valence-electron chi connectivity index (χ0n) is 15.2. The molecule has 1 aliphatic heterocycles. The molecule has 0 aliphatic carbocycles. The first kappa shape index (κ1) is 18.5. The third-order valence-corrected chi connectivity index (χ3v) is 4.93. The fraction of sp³-hybridized carbons (Fsp3) is 0.714. The van der Waals surface area contributed by atoms with E-state index in [1.165, 1.54) is 82.0 Å². The molecule has 0 amide bonds. The molecule has 0 atom stereocenters. The highest BCUT2D eigenvalue weighted by Gasteiger charge is 2.09. The summed E-state index contributed by atoms with van der Waals surface area (Å²) in [6.07, 6.45) is 12.5. The number of hydrogen-bond acceptors (Lipinski definition) is 2. The average molecular weight is 317 g/mol. The summed E-state index contributed by atoms with van der Waals surface area (Å²) in [5, 5.41) is 3.43. The molecule has 0 bridgehead atoms. The standard InChI is InChI=1S/C21H36N2/c1-2-3-4-5-6-7-8-9-11-20-12-10-13-21(18-20)19-23-16-14-22-15-17-23/h10,12-13,18,22H,2-9,11,14-17,19H2,1H3. The molecule has 2 heteroatoms. The van der Waals surface area contributed by atoms with Gasteiger partial charge in [0.25, 0.3) is 0 Å². The van der Waals surface area contributed by atoms with Crippen molar-refractivity contribution in [1.82, 2.24) is 10.2 Å². The zero-order chi connectivity index (χ0) is 16.2. The second-order valence-electron chi connectivity index (χ2n) is 7.07. The SMILES string of the molecule is CCCCCCCCCCc1cccc(CN2CCNCC2)c1. The molecule has 0 spiro atoms. The zero-order valence-corrected chi connectivity index (χ0v) is 15.2. The van der Waals surface area contributed by atoms with Gasteiger partial charge in [0.15, 0.2) is 0 Å². The molecular weight excluding hydrogens is 280 g/mol. The summed E-state index contributed by atoms with van der Waals surface area (Å²) < 4.78 is 0. The number of aryl methyl sites for hydroxylation is 1. The van der Waals surface area contributed by atoms with Crippen molar-refractivity contribution < 1.29 is 0 Å². The Labute approximate surface area is 143 Å². The molecule has 0 saturated carbocycles. The summed E-state index contributed by atoms with van der Waals surface area (Å²) in [6.45, 7) is 8.05. The van der Waals surface area contributed by atoms with Gasteiger partial charge >= 0.3 is 0 Å². The van der Waals surface area contributed by atoms with Crippen LogP contribution in [0.25, 0.3) is 0 Å². The second kappa shape index (κ2) is 11.6. The maximum atomic E-state index is 3.43. The van der Waals surface area contributed by atoms with Crippen molar-refractivity contribution in [3.05, 3.63) is 35.4 Å². The Bertz CT molecular complexity index is 410. The van der Waals surface area contributed by atoms with E-state index in [1.807, 2.05) is 0 Å². The molecule has 23 heavy (non-hydrogen) atoms. The number of hydrogen-bond donors (Lipinski definition) is 1. The molecular formula is C21H36N2. The Morgan fingerprint density at radius 3 is 2.26 bits per heavy atom. The van der Waals surface area contributed by atoms with Crippen LogP contribution in [0.5, 0.6) is 0 Å². The Morgan fingerprint density at radius 1 is 0.870 bits per heavy atom. The minimum atomic E-state index is 1.12. The van der Waals surface area contributed by atoms with Gasteiger partial charge in [-0.2, -0.15) is 0 Å². The van der Waals surface area contributed by atoms with Crippen LogP contribution in [0.15, 0.2) is 24.3 Å². The lowest BCUT2D eigenvalue weighted by molar-refractivity contribution is 0.233. The first-order valence-electron chi connectivity index (χ1n) is 9.89. The van der Waals surface area contributed by atoms with Gasteiger partial charge in [-0.25, -0.2) is 0 Å². The van der Waals surface area contributed by atoms with E-state index in [-0.39, 0.29) is 0 Å². The highest BCUT2D eigenvalue weighted by atomic mass is 15.2. The molecule has 1 fully saturated rings. The molecule has 0 unspecified atom stereocenters. The summed E-state index contributed by atoms with van der Waals surface area (Å²) >= 11 is 0. The van der Waals surface area contributed by atoms with Crippen LogP contribution in [0.1, 0.15) is 69.4 Å². The molecule has 1 heterocycles. The van der Waals surface area contributed by atoms with Crippen LogP contribution in [0.2, 0.25) is 0 Å². The molecule has 0 aromatic heterocycles. The van der Waals surface area contributed by atoms with Gasteiger partial charge < -0.3 is 5.32 Å². The van der Waals surface area contributed by atoms with Gasteiger partial charge in [-0.15, -0.1) is 0 Å². The van der Waals surface area contributed by atoms with E-state index in [1.54, 1.807) is 0 Å². The van der Waals surface area contributed by atoms with Crippen LogP contribution in [0, 0.1) is 0 Å². The van der Waals surface area contributed by atoms with Crippen molar-refractivity contribution in [3.63, 3.8) is 0 Å². The van der Waals surface area contributed by atoms with Gasteiger partial charge in [-0.05, 0) is 24.0 Å². The summed E-state index contributed by atoms with van der Waals surface area (Å²) in [4.78, 5) is 2.56. The van der Waals surface area contributed by atoms with Gasteiger partial charge in [0.1, 0.15) is 0 Å². The van der Waals surface area contributed by atoms with E-state index in [0.717, 1.165) is 19.6 Å². The van der Waals surface area contributed by atoms with Crippen LogP contribution in [0.4, 0.5) is 0 Å². The fourth-order valence-electron chi connectivity index (χ4n) is 3.47. The Hall–Kier alpha value is -0.860. The average Bonchev–Trinajstić information content (AvgIpc) is 2.58. The summed E-state index contributed by atoms with van der Waals surface area (Å²) in [6, 6.07) is 9.28. The predicted octanol–water partition coefficient (Wildman–Crippen LogP) is 4.78. The van der Waals surface area contributed by atoms with Crippen molar-refractivity contribution in [2.45, 2.75) is 71.3 Å². The van der Waals surface area contributed by atoms with Gasteiger partial charge in [-0.3, -0.25) is 4.90 Å². The minimum absolute atomic E-state index is 1.12.